The monoisotopic (exact) mass is 374 g/mol. The summed E-state index contributed by atoms with van der Waals surface area (Å²) >= 11 is 1.60. The summed E-state index contributed by atoms with van der Waals surface area (Å²) < 4.78 is 0. The highest BCUT2D eigenvalue weighted by Gasteiger charge is 2.27. The fraction of sp³-hybridized carbons (Fsp3) is 0.474. The van der Waals surface area contributed by atoms with Gasteiger partial charge in [-0.05, 0) is 52.2 Å². The van der Waals surface area contributed by atoms with Crippen molar-refractivity contribution in [1.29, 1.82) is 0 Å². The molecule has 0 saturated carbocycles. The third-order valence-electron chi connectivity index (χ3n) is 4.75. The zero-order valence-corrected chi connectivity index (χ0v) is 16.3. The van der Waals surface area contributed by atoms with Gasteiger partial charge in [0.1, 0.15) is 0 Å². The van der Waals surface area contributed by atoms with Crippen molar-refractivity contribution in [2.75, 3.05) is 18.4 Å². The smallest absolute Gasteiger partial charge is 0.321 e. The summed E-state index contributed by atoms with van der Waals surface area (Å²) in [4.78, 5) is 16.6. The maximum absolute atomic E-state index is 12.7. The van der Waals surface area contributed by atoms with Crippen LogP contribution in [0, 0.1) is 13.8 Å². The molecule has 0 aliphatic carbocycles. The molecule has 26 heavy (non-hydrogen) atoms. The molecule has 1 atom stereocenters. The predicted molar refractivity (Wildman–Crippen MR) is 104 cm³/mol. The summed E-state index contributed by atoms with van der Waals surface area (Å²) in [5.74, 6) is 0. The Kier molecular flexibility index (Phi) is 5.58. The lowest BCUT2D eigenvalue weighted by molar-refractivity contribution is 0.0458. The number of aryl methyl sites for hydroxylation is 2. The summed E-state index contributed by atoms with van der Waals surface area (Å²) in [5.41, 5.74) is 2.07. The molecule has 3 rings (SSSR count). The van der Waals surface area contributed by atoms with Crippen molar-refractivity contribution in [3.05, 3.63) is 35.7 Å². The van der Waals surface area contributed by atoms with Crippen LogP contribution in [0.3, 0.4) is 0 Å². The first-order chi connectivity index (χ1) is 12.4. The molecule has 0 bridgehead atoms. The minimum atomic E-state index is -0.681. The highest BCUT2D eigenvalue weighted by molar-refractivity contribution is 7.99. The molecule has 1 fully saturated rings. The van der Waals surface area contributed by atoms with Crippen molar-refractivity contribution in [3.8, 4) is 0 Å². The van der Waals surface area contributed by atoms with E-state index < -0.39 is 5.60 Å². The fourth-order valence-electron chi connectivity index (χ4n) is 3.12. The molecule has 6 nitrogen and oxygen atoms in total. The van der Waals surface area contributed by atoms with Crippen LogP contribution >= 0.6 is 11.8 Å². The second kappa shape index (κ2) is 7.72. The Bertz CT molecular complexity index is 768. The molecule has 0 spiro atoms. The first kappa shape index (κ1) is 18.8. The lowest BCUT2D eigenvalue weighted by atomic mass is 9.98. The first-order valence-corrected chi connectivity index (χ1v) is 9.74. The Morgan fingerprint density at radius 1 is 1.31 bits per heavy atom. The van der Waals surface area contributed by atoms with E-state index in [-0.39, 0.29) is 6.03 Å². The number of hydrogen-bond donors (Lipinski definition) is 3. The minimum absolute atomic E-state index is 0.114. The number of para-hydroxylation sites is 1. The van der Waals surface area contributed by atoms with Crippen LogP contribution in [0.2, 0.25) is 0 Å². The van der Waals surface area contributed by atoms with Gasteiger partial charge in [-0.25, -0.2) is 4.79 Å². The number of aliphatic hydroxyl groups is 1. The van der Waals surface area contributed by atoms with Gasteiger partial charge in [-0.15, -0.1) is 0 Å². The second-order valence-corrected chi connectivity index (χ2v) is 8.18. The number of aromatic amines is 1. The Labute approximate surface area is 158 Å². The van der Waals surface area contributed by atoms with Crippen LogP contribution < -0.4 is 5.32 Å². The number of rotatable bonds is 3. The molecule has 1 aromatic heterocycles. The molecule has 1 aromatic carbocycles. The quantitative estimate of drug-likeness (QED) is 0.760. The standard InChI is InChI=1S/C19H26N4O2S/c1-13-17(14(2)22-21-13)26-16-8-5-4-7-15(16)20-18(24)23-11-6-9-19(3,25)10-12-23/h4-5,7-8,25H,6,9-12H2,1-3H3,(H,20,24)(H,21,22). The molecule has 7 heteroatoms. The Morgan fingerprint density at radius 2 is 2.08 bits per heavy atom. The minimum Gasteiger partial charge on any atom is -0.390 e. The average molecular weight is 375 g/mol. The third kappa shape index (κ3) is 4.40. The van der Waals surface area contributed by atoms with E-state index in [9.17, 15) is 9.90 Å². The molecule has 140 valence electrons. The van der Waals surface area contributed by atoms with E-state index in [4.69, 9.17) is 0 Å². The zero-order chi connectivity index (χ0) is 18.7. The lowest BCUT2D eigenvalue weighted by Gasteiger charge is -2.23. The summed E-state index contributed by atoms with van der Waals surface area (Å²) in [7, 11) is 0. The zero-order valence-electron chi connectivity index (χ0n) is 15.5. The molecular weight excluding hydrogens is 348 g/mol. The predicted octanol–water partition coefficient (Wildman–Crippen LogP) is 3.95. The summed E-state index contributed by atoms with van der Waals surface area (Å²) in [6, 6.07) is 7.68. The molecule has 2 heterocycles. The number of nitrogens with one attached hydrogen (secondary N) is 2. The van der Waals surface area contributed by atoms with Gasteiger partial charge in [0, 0.05) is 23.7 Å². The number of H-pyrrole nitrogens is 1. The Hall–Kier alpha value is -1.99. The maximum Gasteiger partial charge on any atom is 0.321 e. The first-order valence-electron chi connectivity index (χ1n) is 8.92. The Balaban J connectivity index is 1.73. The number of carbonyl (C=O) groups is 1. The summed E-state index contributed by atoms with van der Waals surface area (Å²) in [6.45, 7) is 7.03. The molecule has 1 unspecified atom stereocenters. The largest absolute Gasteiger partial charge is 0.390 e. The number of amides is 2. The van der Waals surface area contributed by atoms with Crippen LogP contribution in [0.1, 0.15) is 37.6 Å². The van der Waals surface area contributed by atoms with Gasteiger partial charge in [0.05, 0.1) is 21.9 Å². The molecule has 3 N–H and O–H groups in total. The van der Waals surface area contributed by atoms with Crippen LogP contribution in [-0.4, -0.2) is 44.9 Å². The number of hydrogen-bond acceptors (Lipinski definition) is 4. The van der Waals surface area contributed by atoms with Gasteiger partial charge in [0.2, 0.25) is 0 Å². The van der Waals surface area contributed by atoms with Crippen LogP contribution in [0.4, 0.5) is 10.5 Å². The highest BCUT2D eigenvalue weighted by atomic mass is 32.2. The van der Waals surface area contributed by atoms with E-state index in [0.29, 0.717) is 19.5 Å². The van der Waals surface area contributed by atoms with E-state index in [1.807, 2.05) is 45.0 Å². The molecule has 1 aliphatic rings. The van der Waals surface area contributed by atoms with Crippen LogP contribution in [0.5, 0.6) is 0 Å². The molecule has 1 saturated heterocycles. The molecule has 2 amide bonds. The van der Waals surface area contributed by atoms with Gasteiger partial charge in [0.15, 0.2) is 0 Å². The number of urea groups is 1. The van der Waals surface area contributed by atoms with E-state index in [2.05, 4.69) is 15.5 Å². The summed E-state index contributed by atoms with van der Waals surface area (Å²) in [6.07, 6.45) is 2.14. The van der Waals surface area contributed by atoms with Crippen molar-refractivity contribution in [2.24, 2.45) is 0 Å². The average Bonchev–Trinajstić information content (AvgIpc) is 2.80. The van der Waals surface area contributed by atoms with Crippen molar-refractivity contribution in [2.45, 2.75) is 55.4 Å². The van der Waals surface area contributed by atoms with Crippen molar-refractivity contribution < 1.29 is 9.90 Å². The fourth-order valence-corrected chi connectivity index (χ4v) is 4.11. The van der Waals surface area contributed by atoms with Crippen LogP contribution in [-0.2, 0) is 0 Å². The van der Waals surface area contributed by atoms with Crippen molar-refractivity contribution in [1.82, 2.24) is 15.1 Å². The van der Waals surface area contributed by atoms with Gasteiger partial charge < -0.3 is 15.3 Å². The van der Waals surface area contributed by atoms with E-state index in [1.165, 1.54) is 0 Å². The molecule has 2 aromatic rings. The van der Waals surface area contributed by atoms with Crippen LogP contribution in [0.25, 0.3) is 0 Å². The highest BCUT2D eigenvalue weighted by Crippen LogP contribution is 2.36. The second-order valence-electron chi connectivity index (χ2n) is 7.13. The normalized spacial score (nSPS) is 20.7. The lowest BCUT2D eigenvalue weighted by Crippen LogP contribution is -2.36. The van der Waals surface area contributed by atoms with Gasteiger partial charge in [0.25, 0.3) is 0 Å². The van der Waals surface area contributed by atoms with E-state index in [1.54, 1.807) is 16.7 Å². The number of likely N-dealkylation sites (tertiary alicyclic amines) is 1. The van der Waals surface area contributed by atoms with Crippen molar-refractivity contribution >= 4 is 23.5 Å². The molecular formula is C19H26N4O2S. The van der Waals surface area contributed by atoms with Crippen molar-refractivity contribution in [3.63, 3.8) is 0 Å². The number of nitrogens with zero attached hydrogens (tertiary/aromatic N) is 2. The number of anilines is 1. The topological polar surface area (TPSA) is 81.2 Å². The molecule has 0 radical (unpaired) electrons. The third-order valence-corrected chi connectivity index (χ3v) is 6.13. The number of carbonyl (C=O) groups excluding carboxylic acids is 1. The van der Waals surface area contributed by atoms with E-state index >= 15 is 0 Å². The number of benzene rings is 1. The van der Waals surface area contributed by atoms with Gasteiger partial charge in [-0.1, -0.05) is 23.9 Å². The summed E-state index contributed by atoms with van der Waals surface area (Å²) in [5, 5.41) is 20.5. The Morgan fingerprint density at radius 3 is 2.81 bits per heavy atom. The van der Waals surface area contributed by atoms with Gasteiger partial charge in [-0.3, -0.25) is 5.10 Å². The SMILES string of the molecule is Cc1n[nH]c(C)c1Sc1ccccc1NC(=O)N1CCCC(C)(O)CC1. The number of aromatic nitrogens is 2. The molecule has 1 aliphatic heterocycles. The maximum atomic E-state index is 12.7. The van der Waals surface area contributed by atoms with Gasteiger partial charge in [-0.2, -0.15) is 5.10 Å². The van der Waals surface area contributed by atoms with E-state index in [0.717, 1.165) is 39.7 Å². The van der Waals surface area contributed by atoms with Crippen LogP contribution in [0.15, 0.2) is 34.1 Å². The van der Waals surface area contributed by atoms with Gasteiger partial charge >= 0.3 is 6.03 Å².